The fourth-order valence-electron chi connectivity index (χ4n) is 21.4. The summed E-state index contributed by atoms with van der Waals surface area (Å²) in [4.78, 5) is 46.6. The zero-order valence-electron chi connectivity index (χ0n) is 84.9. The third kappa shape index (κ3) is 27.4. The molecule has 141 heavy (non-hydrogen) atoms. The van der Waals surface area contributed by atoms with Gasteiger partial charge in [0.25, 0.3) is 8.32 Å². The maximum atomic E-state index is 15.3. The second kappa shape index (κ2) is 47.2. The molecule has 7 aliphatic rings. The molecule has 5 N–H and O–H groups in total. The molecule has 0 saturated heterocycles. The van der Waals surface area contributed by atoms with E-state index in [2.05, 4.69) is 126 Å². The fraction of sp³-hybridized carbons (Fsp3) is 0.421. The van der Waals surface area contributed by atoms with Crippen molar-refractivity contribution in [2.24, 2.45) is 39.9 Å². The molecule has 17 rings (SSSR count). The molecule has 0 amide bonds. The molecule has 20 heteroatoms. The fourth-order valence-corrected chi connectivity index (χ4v) is 26.6. The summed E-state index contributed by atoms with van der Waals surface area (Å²) in [5.74, 6) is 3.99. The molecule has 0 unspecified atom stereocenters. The molecule has 10 aromatic rings. The number of hydrogen-bond donors (Lipinski definition) is 5. The number of benzene rings is 10. The highest BCUT2D eigenvalue weighted by Crippen LogP contribution is 2.55. The summed E-state index contributed by atoms with van der Waals surface area (Å²) in [6, 6.07) is 61.7. The highest BCUT2D eigenvalue weighted by molar-refractivity contribution is 6.78. The van der Waals surface area contributed by atoms with Crippen LogP contribution in [0.1, 0.15) is 278 Å². The van der Waals surface area contributed by atoms with Crippen molar-refractivity contribution in [2.75, 3.05) is 28.4 Å². The summed E-state index contributed by atoms with van der Waals surface area (Å²) in [6.07, 6.45) is 23.6. The van der Waals surface area contributed by atoms with Crippen molar-refractivity contribution in [3.63, 3.8) is 0 Å². The smallest absolute Gasteiger partial charge is 0.306 e. The number of aliphatic hydroxyl groups excluding tert-OH is 1. The summed E-state index contributed by atoms with van der Waals surface area (Å²) in [6.45, 7) is 27.6. The van der Waals surface area contributed by atoms with Crippen molar-refractivity contribution < 1.29 is 90.7 Å². The number of carbonyl (C=O) groups excluding carboxylic acids is 4. The second-order valence-corrected chi connectivity index (χ2v) is 47.5. The van der Waals surface area contributed by atoms with Crippen LogP contribution in [0.25, 0.3) is 50.1 Å². The highest BCUT2D eigenvalue weighted by atomic mass is 28.4. The average molecular weight is 1940 g/mol. The van der Waals surface area contributed by atoms with Crippen LogP contribution in [0.2, 0.25) is 16.6 Å². The third-order valence-electron chi connectivity index (χ3n) is 29.8. The van der Waals surface area contributed by atoms with Crippen molar-refractivity contribution in [2.45, 2.75) is 259 Å². The van der Waals surface area contributed by atoms with E-state index < -0.39 is 8.32 Å². The van der Waals surface area contributed by atoms with Gasteiger partial charge in [0, 0.05) is 16.7 Å². The van der Waals surface area contributed by atoms with Crippen molar-refractivity contribution in [1.82, 2.24) is 0 Å². The van der Waals surface area contributed by atoms with Crippen molar-refractivity contribution >= 4 is 48.9 Å². The lowest BCUT2D eigenvalue weighted by molar-refractivity contribution is -0.142. The predicted molar refractivity (Wildman–Crippen MR) is 556 cm³/mol. The maximum Gasteiger partial charge on any atom is 0.306 e. The van der Waals surface area contributed by atoms with Crippen LogP contribution in [0, 0.1) is 57.4 Å². The van der Waals surface area contributed by atoms with Crippen molar-refractivity contribution in [1.29, 1.82) is 0 Å². The maximum absolute atomic E-state index is 15.3. The Morgan fingerprint density at radius 1 is 0.333 bits per heavy atom. The van der Waals surface area contributed by atoms with Crippen LogP contribution < -0.4 is 13.9 Å². The Morgan fingerprint density at radius 3 is 0.915 bits per heavy atom. The first-order valence-corrected chi connectivity index (χ1v) is 52.4. The van der Waals surface area contributed by atoms with E-state index in [1.807, 2.05) is 109 Å². The van der Waals surface area contributed by atoms with Gasteiger partial charge in [0.05, 0.1) is 60.7 Å². The highest BCUT2D eigenvalue weighted by Gasteiger charge is 2.48. The number of aliphatic hydroxyl groups is 1. The lowest BCUT2D eigenvalue weighted by atomic mass is 9.79. The summed E-state index contributed by atoms with van der Waals surface area (Å²) in [5, 5.41) is 48.8. The van der Waals surface area contributed by atoms with Crippen LogP contribution >= 0.6 is 0 Å². The monoisotopic (exact) mass is 1940 g/mol. The quantitative estimate of drug-likeness (QED) is 0.0143. The molecule has 7 aliphatic carbocycles. The Balaban J connectivity index is 0.000000154. The van der Waals surface area contributed by atoms with Crippen molar-refractivity contribution in [3.05, 3.63) is 298 Å². The minimum Gasteiger partial charge on any atom is -0.543 e. The molecule has 10 aromatic carbocycles. The standard InChI is InChI=1S/2C33H35FO4.C29H41FO2Si.2C13H16O3/c2*1-33(2)15-5-8-30(33)28-16-21(9-13-26(28)29-18-24(35)12-14-31(29)34)20-38-25-7-4-6-23(17-25)27(22-10-11-22)19-32(36)37-3;1-19(2)33(20(3)4,21(5)6)32-23-12-14-28(30)26(17-23)24-13-11-22(18-31)16-25(24)27-10-9-15-29(27,7)8;2*1-16-13(15)8-12(9-5-6-9)10-3-2-4-11(14)7-10/h2*4,6-9,12-14,16-18,22,27,35H,5,10-11,15,19-20H2,1-3H3;10-14,16-17,19-21,31H,9,15,18H2,1-8H3;2*2-4,7,9,12,14H,5-6,8H2,1H3/t2*27-;;2*12-/m10.10/s1. The van der Waals surface area contributed by atoms with Crippen LogP contribution in [0.15, 0.2) is 224 Å². The second-order valence-electron chi connectivity index (χ2n) is 42.1. The Morgan fingerprint density at radius 2 is 0.624 bits per heavy atom. The molecule has 0 radical (unpaired) electrons. The minimum atomic E-state index is -2.15. The van der Waals surface area contributed by atoms with Gasteiger partial charge in [0.2, 0.25) is 0 Å². The van der Waals surface area contributed by atoms with Gasteiger partial charge in [-0.2, -0.15) is 0 Å². The molecule has 0 spiro atoms. The van der Waals surface area contributed by atoms with Crippen molar-refractivity contribution in [3.8, 4) is 73.6 Å². The molecule has 0 aliphatic heterocycles. The van der Waals surface area contributed by atoms with Gasteiger partial charge in [-0.25, -0.2) is 13.2 Å². The van der Waals surface area contributed by atoms with E-state index in [1.54, 1.807) is 36.4 Å². The Hall–Kier alpha value is -12.1. The summed E-state index contributed by atoms with van der Waals surface area (Å²) in [5.41, 5.74) is 18.6. The number of halogens is 3. The Labute approximate surface area is 833 Å². The van der Waals surface area contributed by atoms with E-state index in [9.17, 15) is 53.5 Å². The summed E-state index contributed by atoms with van der Waals surface area (Å²) < 4.78 is 83.6. The minimum absolute atomic E-state index is 0.0163. The molecular weight excluding hydrogens is 1790 g/mol. The number of methoxy groups -OCH3 is 4. The molecular formula is C121H143F3O16Si. The number of hydrogen-bond acceptors (Lipinski definition) is 16. The topological polar surface area (TPSA) is 234 Å². The van der Waals surface area contributed by atoms with Gasteiger partial charge in [-0.05, 0) is 380 Å². The van der Waals surface area contributed by atoms with Gasteiger partial charge < -0.3 is 58.4 Å². The zero-order chi connectivity index (χ0) is 101. The summed E-state index contributed by atoms with van der Waals surface area (Å²) in [7, 11) is 3.54. The van der Waals surface area contributed by atoms with Gasteiger partial charge in [0.1, 0.15) is 70.9 Å². The largest absolute Gasteiger partial charge is 0.543 e. The first-order chi connectivity index (χ1) is 67.3. The average Bonchev–Trinajstić information content (AvgIpc) is 1.62. The first-order valence-electron chi connectivity index (χ1n) is 50.2. The molecule has 16 nitrogen and oxygen atoms in total. The van der Waals surface area contributed by atoms with E-state index in [0.717, 1.165) is 179 Å². The number of allylic oxidation sites excluding steroid dienone is 6. The number of phenolic OH excluding ortho intramolecular Hbond substituents is 4. The molecule has 4 saturated carbocycles. The number of rotatable bonds is 34. The zero-order valence-corrected chi connectivity index (χ0v) is 85.9. The molecule has 4 fully saturated rings. The van der Waals surface area contributed by atoms with Crippen LogP contribution in [0.3, 0.4) is 0 Å². The van der Waals surface area contributed by atoms with Crippen LogP contribution in [-0.4, -0.2) is 86.2 Å². The molecule has 0 heterocycles. The van der Waals surface area contributed by atoms with Crippen LogP contribution in [0.5, 0.6) is 40.2 Å². The van der Waals surface area contributed by atoms with Gasteiger partial charge in [-0.15, -0.1) is 0 Å². The normalized spacial score (nSPS) is 16.8. The van der Waals surface area contributed by atoms with Gasteiger partial charge in [0.15, 0.2) is 0 Å². The number of carbonyl (C=O) groups is 4. The van der Waals surface area contributed by atoms with Gasteiger partial charge >= 0.3 is 23.9 Å². The van der Waals surface area contributed by atoms with Gasteiger partial charge in [-0.3, -0.25) is 19.2 Å². The van der Waals surface area contributed by atoms with E-state index in [-0.39, 0.29) is 111 Å². The number of phenols is 4. The van der Waals surface area contributed by atoms with E-state index >= 15 is 4.39 Å². The lowest BCUT2D eigenvalue weighted by Gasteiger charge is -2.42. The molecule has 0 bridgehead atoms. The lowest BCUT2D eigenvalue weighted by Crippen LogP contribution is -2.50. The van der Waals surface area contributed by atoms with E-state index in [0.29, 0.717) is 95.9 Å². The van der Waals surface area contributed by atoms with Gasteiger partial charge in [-0.1, -0.05) is 186 Å². The number of aromatic hydroxyl groups is 4. The van der Waals surface area contributed by atoms with E-state index in [1.165, 1.54) is 81.6 Å². The SMILES string of the molecule is CC(C)[Si](Oc1ccc(F)c(-c2ccc(CO)cc2C2=CCCC2(C)C)c1)(C(C)C)C(C)C.COC(=O)C[C@@H](c1cccc(O)c1)C1CC1.COC(=O)C[C@@H](c1cccc(OCc2ccc(-c3cc(O)ccc3F)c(C3=CCCC3(C)C)c2)c1)C1CC1.COC(=O)C[C@H](c1cccc(O)c1)C1CC1.COC(=O)C[C@H](c1cccc(OCc2ccc(-c3cc(O)ccc3F)c(C3=CCCC3(C)C)c2)c1)C1CC1. The Bertz CT molecular complexity index is 5830. The van der Waals surface area contributed by atoms with E-state index in [4.69, 9.17) is 32.8 Å². The molecule has 748 valence electrons. The Kier molecular flexibility index (Phi) is 35.5. The van der Waals surface area contributed by atoms with Crippen LogP contribution in [0.4, 0.5) is 13.2 Å². The molecule has 0 aromatic heterocycles. The predicted octanol–water partition coefficient (Wildman–Crippen LogP) is 29.7. The number of esters is 4. The molecule has 4 atom stereocenters. The first kappa shape index (κ1) is 106. The number of ether oxygens (including phenoxy) is 6. The summed E-state index contributed by atoms with van der Waals surface area (Å²) >= 11 is 0. The third-order valence-corrected chi connectivity index (χ3v) is 35.8. The van der Waals surface area contributed by atoms with Crippen LogP contribution in [-0.2, 0) is 57.9 Å².